The first-order chi connectivity index (χ1) is 10.6. The van der Waals surface area contributed by atoms with Crippen molar-refractivity contribution in [3.8, 4) is 0 Å². The Morgan fingerprint density at radius 2 is 1.91 bits per heavy atom. The lowest BCUT2D eigenvalue weighted by Gasteiger charge is -2.27. The van der Waals surface area contributed by atoms with Gasteiger partial charge in [0.25, 0.3) is 0 Å². The number of hydrogen-bond donors (Lipinski definition) is 2. The molecule has 0 unspecified atom stereocenters. The van der Waals surface area contributed by atoms with E-state index in [0.29, 0.717) is 12.8 Å². The van der Waals surface area contributed by atoms with E-state index < -0.39 is 12.2 Å². The van der Waals surface area contributed by atoms with Gasteiger partial charge in [-0.15, -0.1) is 0 Å². The maximum Gasteiger partial charge on any atom is 0.306 e. The van der Waals surface area contributed by atoms with Crippen molar-refractivity contribution in [3.05, 3.63) is 12.2 Å². The zero-order valence-electron chi connectivity index (χ0n) is 13.6. The Morgan fingerprint density at radius 1 is 1.18 bits per heavy atom. The number of aliphatic hydroxyl groups excluding tert-OH is 2. The van der Waals surface area contributed by atoms with Crippen LogP contribution < -0.4 is 0 Å². The second-order valence-electron chi connectivity index (χ2n) is 6.71. The summed E-state index contributed by atoms with van der Waals surface area (Å²) in [5, 5.41) is 20.2. The minimum absolute atomic E-state index is 0.0122. The van der Waals surface area contributed by atoms with Gasteiger partial charge < -0.3 is 14.9 Å². The van der Waals surface area contributed by atoms with Gasteiger partial charge in [-0.3, -0.25) is 4.79 Å². The molecule has 5 atom stereocenters. The molecule has 1 aliphatic heterocycles. The summed E-state index contributed by atoms with van der Waals surface area (Å²) >= 11 is 0. The summed E-state index contributed by atoms with van der Waals surface area (Å²) in [6.45, 7) is 2.00. The number of ether oxygens (including phenoxy) is 1. The Hall–Kier alpha value is -0.870. The molecule has 1 heterocycles. The first-order valence-corrected chi connectivity index (χ1v) is 8.85. The summed E-state index contributed by atoms with van der Waals surface area (Å²) in [5.41, 5.74) is 0. The van der Waals surface area contributed by atoms with Gasteiger partial charge in [-0.25, -0.2) is 0 Å². The monoisotopic (exact) mass is 310 g/mol. The van der Waals surface area contributed by atoms with Crippen molar-refractivity contribution >= 4 is 5.97 Å². The van der Waals surface area contributed by atoms with Crippen LogP contribution in [-0.2, 0) is 9.53 Å². The highest BCUT2D eigenvalue weighted by Crippen LogP contribution is 2.38. The second-order valence-corrected chi connectivity index (χ2v) is 6.71. The van der Waals surface area contributed by atoms with E-state index in [9.17, 15) is 15.0 Å². The number of carbonyl (C=O) groups excluding carboxylic acids is 1. The fourth-order valence-electron chi connectivity index (χ4n) is 3.76. The largest absolute Gasteiger partial charge is 0.462 e. The Kier molecular flexibility index (Phi) is 6.90. The van der Waals surface area contributed by atoms with Crippen LogP contribution in [0.1, 0.15) is 64.7 Å². The normalized spacial score (nSPS) is 39.6. The third kappa shape index (κ3) is 4.56. The quantitative estimate of drug-likeness (QED) is 0.577. The molecule has 22 heavy (non-hydrogen) atoms. The molecule has 0 bridgehead atoms. The van der Waals surface area contributed by atoms with E-state index in [4.69, 9.17) is 4.74 Å². The van der Waals surface area contributed by atoms with Gasteiger partial charge in [0, 0.05) is 18.3 Å². The van der Waals surface area contributed by atoms with Crippen LogP contribution in [0, 0.1) is 11.8 Å². The molecular weight excluding hydrogens is 280 g/mol. The van der Waals surface area contributed by atoms with Crippen LogP contribution in [0.15, 0.2) is 12.2 Å². The predicted octanol–water partition coefficient (Wildman–Crippen LogP) is 2.97. The first kappa shape index (κ1) is 17.5. The van der Waals surface area contributed by atoms with Crippen LogP contribution in [0.5, 0.6) is 0 Å². The summed E-state index contributed by atoms with van der Waals surface area (Å²) in [6, 6.07) is 0. The summed E-state index contributed by atoms with van der Waals surface area (Å²) in [6.07, 6.45) is 10.7. The van der Waals surface area contributed by atoms with E-state index >= 15 is 0 Å². The van der Waals surface area contributed by atoms with Gasteiger partial charge in [0.15, 0.2) is 0 Å². The highest BCUT2D eigenvalue weighted by molar-refractivity contribution is 5.69. The number of aliphatic hydroxyl groups is 2. The molecule has 1 saturated carbocycles. The minimum atomic E-state index is -0.748. The molecule has 0 aromatic rings. The van der Waals surface area contributed by atoms with Crippen molar-refractivity contribution in [2.45, 2.75) is 83.0 Å². The fourth-order valence-corrected chi connectivity index (χ4v) is 3.76. The Morgan fingerprint density at radius 3 is 2.68 bits per heavy atom. The van der Waals surface area contributed by atoms with Crippen LogP contribution in [-0.4, -0.2) is 34.5 Å². The summed E-state index contributed by atoms with van der Waals surface area (Å²) in [7, 11) is 0. The lowest BCUT2D eigenvalue weighted by atomic mass is 9.87. The molecule has 2 N–H and O–H groups in total. The van der Waals surface area contributed by atoms with Gasteiger partial charge in [-0.1, -0.05) is 38.3 Å². The second kappa shape index (κ2) is 8.68. The van der Waals surface area contributed by atoms with Gasteiger partial charge in [0.05, 0.1) is 12.2 Å². The molecule has 0 spiro atoms. The van der Waals surface area contributed by atoms with Crippen LogP contribution in [0.2, 0.25) is 0 Å². The van der Waals surface area contributed by atoms with E-state index in [1.165, 1.54) is 6.42 Å². The molecule has 0 saturated heterocycles. The topological polar surface area (TPSA) is 66.8 Å². The maximum absolute atomic E-state index is 12.0. The highest BCUT2D eigenvalue weighted by atomic mass is 16.5. The van der Waals surface area contributed by atoms with Crippen LogP contribution in [0.3, 0.4) is 0 Å². The third-order valence-corrected chi connectivity index (χ3v) is 5.07. The Labute approximate surface area is 133 Å². The number of fused-ring (bicyclic) bond motifs is 1. The molecule has 0 aromatic carbocycles. The molecule has 2 aliphatic rings. The Balaban J connectivity index is 2.12. The van der Waals surface area contributed by atoms with E-state index in [1.54, 1.807) is 0 Å². The molecule has 0 amide bonds. The Bertz CT molecular complexity index is 379. The molecule has 4 heteroatoms. The third-order valence-electron chi connectivity index (χ3n) is 5.07. The SMILES string of the molecule is CC[C@H]1OC(=O)CCCCCCC/C=C\[C@H]2[C@H](O)[C@@H](O)C[C@@H]21. The van der Waals surface area contributed by atoms with Crippen molar-refractivity contribution in [1.82, 2.24) is 0 Å². The van der Waals surface area contributed by atoms with Crippen molar-refractivity contribution in [1.29, 1.82) is 0 Å². The van der Waals surface area contributed by atoms with Crippen molar-refractivity contribution in [2.75, 3.05) is 0 Å². The minimum Gasteiger partial charge on any atom is -0.462 e. The fraction of sp³-hybridized carbons (Fsp3) is 0.833. The number of rotatable bonds is 1. The lowest BCUT2D eigenvalue weighted by molar-refractivity contribution is -0.153. The molecular formula is C18H30O4. The van der Waals surface area contributed by atoms with Crippen LogP contribution in [0.4, 0.5) is 0 Å². The summed E-state index contributed by atoms with van der Waals surface area (Å²) in [5.74, 6) is -0.239. The van der Waals surface area contributed by atoms with Gasteiger partial charge in [0.1, 0.15) is 6.10 Å². The first-order valence-electron chi connectivity index (χ1n) is 8.85. The van der Waals surface area contributed by atoms with Crippen molar-refractivity contribution in [3.63, 3.8) is 0 Å². The molecule has 4 nitrogen and oxygen atoms in total. The van der Waals surface area contributed by atoms with Crippen molar-refractivity contribution in [2.24, 2.45) is 11.8 Å². The van der Waals surface area contributed by atoms with Gasteiger partial charge in [-0.05, 0) is 32.1 Å². The molecule has 2 rings (SSSR count). The molecule has 0 aromatic heterocycles. The van der Waals surface area contributed by atoms with E-state index in [-0.39, 0.29) is 23.9 Å². The average molecular weight is 310 g/mol. The zero-order chi connectivity index (χ0) is 15.9. The van der Waals surface area contributed by atoms with E-state index in [0.717, 1.165) is 38.5 Å². The summed E-state index contributed by atoms with van der Waals surface area (Å²) < 4.78 is 5.66. The lowest BCUT2D eigenvalue weighted by Crippen LogP contribution is -2.31. The molecule has 1 aliphatic carbocycles. The summed E-state index contributed by atoms with van der Waals surface area (Å²) in [4.78, 5) is 12.0. The molecule has 126 valence electrons. The maximum atomic E-state index is 12.0. The molecule has 0 radical (unpaired) electrons. The number of cyclic esters (lactones) is 1. The highest BCUT2D eigenvalue weighted by Gasteiger charge is 2.44. The van der Waals surface area contributed by atoms with E-state index in [2.05, 4.69) is 6.08 Å². The number of allylic oxidation sites excluding steroid dienone is 1. The predicted molar refractivity (Wildman–Crippen MR) is 85.2 cm³/mol. The van der Waals surface area contributed by atoms with Gasteiger partial charge in [-0.2, -0.15) is 0 Å². The zero-order valence-corrected chi connectivity index (χ0v) is 13.6. The van der Waals surface area contributed by atoms with Crippen LogP contribution >= 0.6 is 0 Å². The standard InChI is InChI=1S/C18H30O4/c1-2-16-14-12-15(19)18(21)13(14)10-8-6-4-3-5-7-9-11-17(20)22-16/h8,10,13-16,18-19,21H,2-7,9,11-12H2,1H3/b10-8-/t13-,14+,15+,16-,18+/m1/s1. The number of hydrogen-bond acceptors (Lipinski definition) is 4. The smallest absolute Gasteiger partial charge is 0.306 e. The van der Waals surface area contributed by atoms with E-state index in [1.807, 2.05) is 13.0 Å². The van der Waals surface area contributed by atoms with Gasteiger partial charge in [0.2, 0.25) is 0 Å². The number of carbonyl (C=O) groups is 1. The average Bonchev–Trinajstić information content (AvgIpc) is 2.78. The van der Waals surface area contributed by atoms with Crippen molar-refractivity contribution < 1.29 is 19.7 Å². The van der Waals surface area contributed by atoms with Gasteiger partial charge >= 0.3 is 5.97 Å². The number of esters is 1. The molecule has 1 fully saturated rings. The van der Waals surface area contributed by atoms with Crippen LogP contribution in [0.25, 0.3) is 0 Å².